The normalized spacial score (nSPS) is 46.1. The Bertz CT molecular complexity index is 764. The van der Waals surface area contributed by atoms with Crippen LogP contribution in [0.25, 0.3) is 0 Å². The van der Waals surface area contributed by atoms with Gasteiger partial charge < -0.3 is 19.4 Å². The third kappa shape index (κ3) is 4.80. The monoisotopic (exact) mass is 522 g/mol. The maximum Gasteiger partial charge on any atom is 0.192 e. The Balaban J connectivity index is 1.51. The number of ether oxygens (including phenoxy) is 1. The Kier molecular flexibility index (Phi) is 8.25. The van der Waals surface area contributed by atoms with E-state index >= 15 is 0 Å². The van der Waals surface area contributed by atoms with Gasteiger partial charge >= 0.3 is 0 Å². The highest BCUT2D eigenvalue weighted by molar-refractivity contribution is 6.74. The molecule has 2 N–H and O–H groups in total. The summed E-state index contributed by atoms with van der Waals surface area (Å²) in [5, 5.41) is 23.8. The lowest BCUT2D eigenvalue weighted by Gasteiger charge is -2.64. The zero-order chi connectivity index (χ0) is 26.7. The first-order chi connectivity index (χ1) is 16.7. The van der Waals surface area contributed by atoms with Crippen molar-refractivity contribution in [1.29, 1.82) is 0 Å². The molecule has 6 unspecified atom stereocenters. The maximum absolute atomic E-state index is 11.8. The molecule has 4 aliphatic rings. The van der Waals surface area contributed by atoms with Crippen LogP contribution in [0.1, 0.15) is 99.3 Å². The highest BCUT2D eigenvalue weighted by atomic mass is 28.4. The molecule has 0 spiro atoms. The van der Waals surface area contributed by atoms with E-state index in [1.54, 1.807) is 7.11 Å². The Morgan fingerprint density at radius 1 is 1.00 bits per heavy atom. The van der Waals surface area contributed by atoms with Crippen LogP contribution >= 0.6 is 0 Å². The van der Waals surface area contributed by atoms with Crippen molar-refractivity contribution in [2.24, 2.45) is 46.3 Å². The van der Waals surface area contributed by atoms with Crippen molar-refractivity contribution < 1.29 is 19.4 Å². The average molecular weight is 523 g/mol. The van der Waals surface area contributed by atoms with Gasteiger partial charge in [0.05, 0.1) is 12.2 Å². The third-order valence-electron chi connectivity index (χ3n) is 12.8. The van der Waals surface area contributed by atoms with Crippen molar-refractivity contribution in [2.75, 3.05) is 13.7 Å². The molecule has 0 amide bonds. The fourth-order valence-electron chi connectivity index (χ4n) is 9.57. The fraction of sp³-hybridized carbons (Fsp3) is 1.00. The fourth-order valence-corrected chi connectivity index (χ4v) is 11.0. The Labute approximate surface area is 223 Å². The van der Waals surface area contributed by atoms with Gasteiger partial charge in [0.2, 0.25) is 0 Å². The maximum atomic E-state index is 11.8. The summed E-state index contributed by atoms with van der Waals surface area (Å²) in [5.74, 6) is 2.84. The first kappa shape index (κ1) is 29.0. The summed E-state index contributed by atoms with van der Waals surface area (Å²) in [5.41, 5.74) is 0.141. The predicted molar refractivity (Wildman–Crippen MR) is 150 cm³/mol. The topological polar surface area (TPSA) is 58.9 Å². The number of hydrogen-bond donors (Lipinski definition) is 2. The second kappa shape index (κ2) is 10.2. The lowest BCUT2D eigenvalue weighted by molar-refractivity contribution is -0.206. The van der Waals surface area contributed by atoms with E-state index in [1.807, 2.05) is 0 Å². The second-order valence-corrected chi connectivity index (χ2v) is 20.2. The summed E-state index contributed by atoms with van der Waals surface area (Å²) in [6, 6.07) is 0. The Hall–Kier alpha value is 0.0569. The molecule has 4 aliphatic carbocycles. The largest absolute Gasteiger partial charge is 0.414 e. The molecule has 5 heteroatoms. The molecule has 11 atom stereocenters. The molecular formula is C31H58O4Si. The van der Waals surface area contributed by atoms with E-state index in [9.17, 15) is 10.2 Å². The first-order valence-electron chi connectivity index (χ1n) is 15.2. The Morgan fingerprint density at radius 3 is 2.33 bits per heavy atom. The van der Waals surface area contributed by atoms with Crippen molar-refractivity contribution in [3.8, 4) is 0 Å². The van der Waals surface area contributed by atoms with E-state index in [0.29, 0.717) is 41.6 Å². The molecule has 4 rings (SSSR count). The van der Waals surface area contributed by atoms with Crippen molar-refractivity contribution >= 4 is 8.32 Å². The van der Waals surface area contributed by atoms with Crippen molar-refractivity contribution in [2.45, 2.75) is 136 Å². The summed E-state index contributed by atoms with van der Waals surface area (Å²) >= 11 is 0. The summed E-state index contributed by atoms with van der Waals surface area (Å²) < 4.78 is 12.2. The SMILES string of the molecule is COCCCC(C)C1CCC2C3C(C[C@H](O)[C@]12C)[C@@]1(C)CC[C@@H](O[Si](C)(C)C(C)(C)C)CC1C[C@H]3O. The van der Waals surface area contributed by atoms with Crippen LogP contribution in [0.2, 0.25) is 18.1 Å². The molecule has 4 fully saturated rings. The lowest BCUT2D eigenvalue weighted by Crippen LogP contribution is -2.62. The molecule has 0 saturated heterocycles. The molecule has 0 radical (unpaired) electrons. The standard InChI is InChI=1S/C31H58O4Si/c1-20(11-10-16-34-7)23-12-13-24-28-25(19-27(33)31(23,24)6)30(5)15-14-22(17-21(30)18-26(28)32)35-36(8,9)29(2,3)4/h20-28,32-33H,10-19H2,1-9H3/t20?,21?,22-,23?,24?,25?,26-,27+,28?,30+,31-/m1/s1. The molecule has 0 heterocycles. The highest BCUT2D eigenvalue weighted by Crippen LogP contribution is 2.68. The molecule has 0 aromatic heterocycles. The van der Waals surface area contributed by atoms with Gasteiger partial charge in [0.25, 0.3) is 0 Å². The van der Waals surface area contributed by atoms with Gasteiger partial charge in [-0.15, -0.1) is 0 Å². The summed E-state index contributed by atoms with van der Waals surface area (Å²) in [7, 11) is -0.0189. The molecule has 36 heavy (non-hydrogen) atoms. The molecule has 0 aromatic carbocycles. The zero-order valence-electron chi connectivity index (χ0n) is 25.0. The van der Waals surface area contributed by atoms with Gasteiger partial charge in [0, 0.05) is 19.8 Å². The molecular weight excluding hydrogens is 464 g/mol. The van der Waals surface area contributed by atoms with E-state index in [2.05, 4.69) is 54.6 Å². The number of rotatable bonds is 7. The molecule has 4 nitrogen and oxygen atoms in total. The van der Waals surface area contributed by atoms with Crippen LogP contribution in [-0.2, 0) is 9.16 Å². The Morgan fingerprint density at radius 2 is 1.69 bits per heavy atom. The number of aliphatic hydroxyl groups is 2. The quantitative estimate of drug-likeness (QED) is 0.278. The average Bonchev–Trinajstić information content (AvgIpc) is 3.13. The van der Waals surface area contributed by atoms with Crippen LogP contribution in [0.4, 0.5) is 0 Å². The molecule has 0 bridgehead atoms. The molecule has 0 aliphatic heterocycles. The van der Waals surface area contributed by atoms with Gasteiger partial charge in [-0.25, -0.2) is 0 Å². The number of fused-ring (bicyclic) bond motifs is 5. The van der Waals surface area contributed by atoms with Crippen LogP contribution in [-0.4, -0.2) is 50.6 Å². The highest BCUT2D eigenvalue weighted by Gasteiger charge is 2.65. The molecule has 210 valence electrons. The van der Waals surface area contributed by atoms with Crippen LogP contribution in [0.15, 0.2) is 0 Å². The second-order valence-electron chi connectivity index (χ2n) is 15.5. The zero-order valence-corrected chi connectivity index (χ0v) is 26.0. The van der Waals surface area contributed by atoms with Crippen LogP contribution in [0.5, 0.6) is 0 Å². The summed E-state index contributed by atoms with van der Waals surface area (Å²) in [4.78, 5) is 0. The predicted octanol–water partition coefficient (Wildman–Crippen LogP) is 7.04. The summed E-state index contributed by atoms with van der Waals surface area (Å²) in [6.45, 7) is 19.8. The minimum atomic E-state index is -1.80. The smallest absolute Gasteiger partial charge is 0.192 e. The van der Waals surface area contributed by atoms with E-state index in [0.717, 1.165) is 38.7 Å². The molecule has 0 aromatic rings. The minimum Gasteiger partial charge on any atom is -0.414 e. The van der Waals surface area contributed by atoms with Gasteiger partial charge in [-0.3, -0.25) is 0 Å². The third-order valence-corrected chi connectivity index (χ3v) is 17.3. The van der Waals surface area contributed by atoms with Crippen LogP contribution in [0.3, 0.4) is 0 Å². The lowest BCUT2D eigenvalue weighted by atomic mass is 9.43. The van der Waals surface area contributed by atoms with E-state index < -0.39 is 8.32 Å². The van der Waals surface area contributed by atoms with Gasteiger partial charge in [0.15, 0.2) is 8.32 Å². The van der Waals surface area contributed by atoms with Crippen molar-refractivity contribution in [1.82, 2.24) is 0 Å². The van der Waals surface area contributed by atoms with Crippen molar-refractivity contribution in [3.05, 3.63) is 0 Å². The minimum absolute atomic E-state index is 0.0690. The van der Waals surface area contributed by atoms with Crippen molar-refractivity contribution in [3.63, 3.8) is 0 Å². The molecule has 4 saturated carbocycles. The number of methoxy groups -OCH3 is 1. The van der Waals surface area contributed by atoms with Crippen LogP contribution < -0.4 is 0 Å². The van der Waals surface area contributed by atoms with E-state index in [-0.39, 0.29) is 28.1 Å². The number of aliphatic hydroxyl groups excluding tert-OH is 2. The van der Waals surface area contributed by atoms with Gasteiger partial charge in [0.1, 0.15) is 0 Å². The van der Waals surface area contributed by atoms with Gasteiger partial charge in [-0.05, 0) is 122 Å². The number of hydrogen-bond acceptors (Lipinski definition) is 4. The van der Waals surface area contributed by atoms with Gasteiger partial charge in [-0.1, -0.05) is 41.5 Å². The van der Waals surface area contributed by atoms with Gasteiger partial charge in [-0.2, -0.15) is 0 Å². The first-order valence-corrected chi connectivity index (χ1v) is 18.1. The van der Waals surface area contributed by atoms with E-state index in [1.165, 1.54) is 25.7 Å². The summed E-state index contributed by atoms with van der Waals surface area (Å²) in [6.07, 6.45) is 9.65. The van der Waals surface area contributed by atoms with E-state index in [4.69, 9.17) is 9.16 Å². The van der Waals surface area contributed by atoms with Crippen LogP contribution in [0, 0.1) is 46.3 Å².